The number of nitrogens with zero attached hydrogens (tertiary/aromatic N) is 2. The van der Waals surface area contributed by atoms with Crippen molar-refractivity contribution in [2.75, 3.05) is 6.61 Å². The molecule has 106 valence electrons. The number of Topliss-reactive ketones (excluding diaryl/α,β-unsaturated/α-hetero) is 1. The molecular weight excluding hydrogens is 265 g/mol. The Labute approximate surface area is 107 Å². The molecule has 1 aromatic rings. The molecule has 0 atom stereocenters. The average molecular weight is 278 g/mol. The number of rotatable bonds is 4. The second kappa shape index (κ2) is 5.41. The second-order valence-corrected chi connectivity index (χ2v) is 3.84. The maximum absolute atomic E-state index is 12.7. The van der Waals surface area contributed by atoms with Crippen LogP contribution in [0, 0.1) is 6.92 Å². The summed E-state index contributed by atoms with van der Waals surface area (Å²) < 4.78 is 43.4. The molecule has 0 aliphatic heterocycles. The van der Waals surface area contributed by atoms with Crippen molar-refractivity contribution in [3.8, 4) is 0 Å². The van der Waals surface area contributed by atoms with Crippen molar-refractivity contribution in [1.29, 1.82) is 0 Å². The number of ether oxygens (including phenoxy) is 1. The molecule has 0 amide bonds. The Kier molecular flexibility index (Phi) is 4.33. The Hall–Kier alpha value is -1.86. The fraction of sp³-hybridized carbons (Fsp3) is 0.545. The lowest BCUT2D eigenvalue weighted by molar-refractivity contribution is -0.146. The first-order valence-corrected chi connectivity index (χ1v) is 5.49. The van der Waals surface area contributed by atoms with Gasteiger partial charge in [0.1, 0.15) is 12.2 Å². The highest BCUT2D eigenvalue weighted by Gasteiger charge is 2.38. The van der Waals surface area contributed by atoms with Crippen molar-refractivity contribution in [3.05, 3.63) is 17.0 Å². The number of carbonyl (C=O) groups excluding carboxylic acids is 2. The van der Waals surface area contributed by atoms with Crippen molar-refractivity contribution >= 4 is 11.8 Å². The van der Waals surface area contributed by atoms with Crippen molar-refractivity contribution < 1.29 is 27.5 Å². The number of hydrogen-bond donors (Lipinski definition) is 0. The minimum absolute atomic E-state index is 0.0978. The third-order valence-electron chi connectivity index (χ3n) is 2.38. The summed E-state index contributed by atoms with van der Waals surface area (Å²) >= 11 is 0. The summed E-state index contributed by atoms with van der Waals surface area (Å²) in [5, 5.41) is 3.29. The summed E-state index contributed by atoms with van der Waals surface area (Å²) in [7, 11) is 0. The van der Waals surface area contributed by atoms with Gasteiger partial charge in [-0.25, -0.2) is 4.68 Å². The van der Waals surface area contributed by atoms with E-state index in [1.54, 1.807) is 6.92 Å². The van der Waals surface area contributed by atoms with Crippen LogP contribution in [-0.2, 0) is 22.3 Å². The minimum atomic E-state index is -4.67. The summed E-state index contributed by atoms with van der Waals surface area (Å²) in [6.07, 6.45) is -4.67. The molecule has 0 aliphatic rings. The van der Waals surface area contributed by atoms with Crippen LogP contribution in [0.4, 0.5) is 13.2 Å². The molecule has 1 aromatic heterocycles. The van der Waals surface area contributed by atoms with Gasteiger partial charge in [0.15, 0.2) is 11.5 Å². The summed E-state index contributed by atoms with van der Waals surface area (Å²) in [4.78, 5) is 22.7. The van der Waals surface area contributed by atoms with Gasteiger partial charge in [-0.1, -0.05) is 0 Å². The highest BCUT2D eigenvalue weighted by Crippen LogP contribution is 2.32. The van der Waals surface area contributed by atoms with E-state index >= 15 is 0 Å². The van der Waals surface area contributed by atoms with Crippen molar-refractivity contribution in [2.45, 2.75) is 33.5 Å². The van der Waals surface area contributed by atoms with Crippen molar-refractivity contribution in [3.63, 3.8) is 0 Å². The predicted molar refractivity (Wildman–Crippen MR) is 58.6 cm³/mol. The number of hydrogen-bond acceptors (Lipinski definition) is 4. The standard InChI is InChI=1S/C11H13F3N2O3/c1-4-19-8(18)5-16-9(7(3)17)6(2)10(15-16)11(12,13)14/h4-5H2,1-3H3. The number of halogens is 3. The third kappa shape index (κ3) is 3.33. The zero-order chi connectivity index (χ0) is 14.8. The van der Waals surface area contributed by atoms with Crippen LogP contribution in [-0.4, -0.2) is 28.1 Å². The maximum atomic E-state index is 12.7. The molecule has 5 nitrogen and oxygen atoms in total. The molecule has 0 spiro atoms. The van der Waals surface area contributed by atoms with E-state index < -0.39 is 30.2 Å². The lowest BCUT2D eigenvalue weighted by Gasteiger charge is -2.05. The van der Waals surface area contributed by atoms with E-state index in [9.17, 15) is 22.8 Å². The van der Waals surface area contributed by atoms with Crippen LogP contribution in [0.25, 0.3) is 0 Å². The SMILES string of the molecule is CCOC(=O)Cn1nc(C(F)(F)F)c(C)c1C(C)=O. The van der Waals surface area contributed by atoms with Gasteiger partial charge in [0.05, 0.1) is 6.61 Å². The number of aromatic nitrogens is 2. The fourth-order valence-electron chi connectivity index (χ4n) is 1.71. The largest absolute Gasteiger partial charge is 0.465 e. The Morgan fingerprint density at radius 3 is 2.37 bits per heavy atom. The predicted octanol–water partition coefficient (Wildman–Crippen LogP) is 1.98. The van der Waals surface area contributed by atoms with E-state index in [2.05, 4.69) is 9.84 Å². The molecule has 0 aromatic carbocycles. The molecule has 0 saturated carbocycles. The van der Waals surface area contributed by atoms with Gasteiger partial charge in [0.25, 0.3) is 0 Å². The van der Waals surface area contributed by atoms with Crippen LogP contribution in [0.3, 0.4) is 0 Å². The van der Waals surface area contributed by atoms with Gasteiger partial charge >= 0.3 is 12.1 Å². The van der Waals surface area contributed by atoms with Crippen LogP contribution < -0.4 is 0 Å². The quantitative estimate of drug-likeness (QED) is 0.624. The minimum Gasteiger partial charge on any atom is -0.465 e. The van der Waals surface area contributed by atoms with Crippen LogP contribution >= 0.6 is 0 Å². The molecule has 0 unspecified atom stereocenters. The topological polar surface area (TPSA) is 61.2 Å². The normalized spacial score (nSPS) is 11.5. The average Bonchev–Trinajstić information content (AvgIpc) is 2.55. The van der Waals surface area contributed by atoms with Crippen LogP contribution in [0.2, 0.25) is 0 Å². The lowest BCUT2D eigenvalue weighted by Crippen LogP contribution is -2.18. The van der Waals surface area contributed by atoms with E-state index in [1.165, 1.54) is 0 Å². The summed E-state index contributed by atoms with van der Waals surface area (Å²) in [6.45, 7) is 3.40. The van der Waals surface area contributed by atoms with E-state index in [0.29, 0.717) is 0 Å². The van der Waals surface area contributed by atoms with Gasteiger partial charge in [-0.2, -0.15) is 18.3 Å². The first-order valence-electron chi connectivity index (χ1n) is 5.49. The molecule has 1 rings (SSSR count). The fourth-order valence-corrected chi connectivity index (χ4v) is 1.71. The van der Waals surface area contributed by atoms with E-state index in [0.717, 1.165) is 18.5 Å². The van der Waals surface area contributed by atoms with E-state index in [-0.39, 0.29) is 17.9 Å². The van der Waals surface area contributed by atoms with Gasteiger partial charge < -0.3 is 4.74 Å². The van der Waals surface area contributed by atoms with Crippen molar-refractivity contribution in [1.82, 2.24) is 9.78 Å². The highest BCUT2D eigenvalue weighted by molar-refractivity contribution is 5.94. The molecule has 0 aliphatic carbocycles. The molecule has 0 radical (unpaired) electrons. The second-order valence-electron chi connectivity index (χ2n) is 3.84. The molecule has 1 heterocycles. The van der Waals surface area contributed by atoms with Crippen LogP contribution in [0.5, 0.6) is 0 Å². The van der Waals surface area contributed by atoms with Gasteiger partial charge in [-0.05, 0) is 13.8 Å². The Morgan fingerprint density at radius 1 is 1.37 bits per heavy atom. The zero-order valence-electron chi connectivity index (χ0n) is 10.7. The number of carbonyl (C=O) groups is 2. The first-order chi connectivity index (χ1) is 8.68. The summed E-state index contributed by atoms with van der Waals surface area (Å²) in [6, 6.07) is 0. The van der Waals surface area contributed by atoms with Gasteiger partial charge in [0.2, 0.25) is 0 Å². The highest BCUT2D eigenvalue weighted by atomic mass is 19.4. The monoisotopic (exact) mass is 278 g/mol. The number of esters is 1. The number of ketones is 1. The molecule has 8 heteroatoms. The Balaban J connectivity index is 3.24. The number of alkyl halides is 3. The lowest BCUT2D eigenvalue weighted by atomic mass is 10.1. The molecule has 0 fully saturated rings. The third-order valence-corrected chi connectivity index (χ3v) is 2.38. The van der Waals surface area contributed by atoms with E-state index in [1.807, 2.05) is 0 Å². The first kappa shape index (κ1) is 15.2. The maximum Gasteiger partial charge on any atom is 0.435 e. The van der Waals surface area contributed by atoms with Crippen molar-refractivity contribution in [2.24, 2.45) is 0 Å². The van der Waals surface area contributed by atoms with Gasteiger partial charge in [-0.3, -0.25) is 9.59 Å². The van der Waals surface area contributed by atoms with Gasteiger partial charge in [-0.15, -0.1) is 0 Å². The Morgan fingerprint density at radius 2 is 1.95 bits per heavy atom. The zero-order valence-corrected chi connectivity index (χ0v) is 10.7. The molecular formula is C11H13F3N2O3. The van der Waals surface area contributed by atoms with Crippen LogP contribution in [0.15, 0.2) is 0 Å². The smallest absolute Gasteiger partial charge is 0.435 e. The van der Waals surface area contributed by atoms with E-state index in [4.69, 9.17) is 0 Å². The molecule has 0 N–H and O–H groups in total. The van der Waals surface area contributed by atoms with Gasteiger partial charge in [0, 0.05) is 12.5 Å². The molecule has 0 bridgehead atoms. The molecule has 0 saturated heterocycles. The summed E-state index contributed by atoms with van der Waals surface area (Å²) in [5.74, 6) is -1.34. The summed E-state index contributed by atoms with van der Waals surface area (Å²) in [5.41, 5.74) is -1.69. The molecule has 19 heavy (non-hydrogen) atoms. The van der Waals surface area contributed by atoms with Crippen LogP contribution in [0.1, 0.15) is 35.6 Å². The Bertz CT molecular complexity index is 506.